The number of hydrogen-bond acceptors (Lipinski definition) is 4. The topological polar surface area (TPSA) is 76.0 Å². The Labute approximate surface area is 119 Å². The standard InChI is InChI=1S/C14H24N4O2/c1-5-11(4)17-13(19)9-18-14(20)6-12(8-16-18)15-7-10(2)3/h6,8,10-11,15H,5,7,9H2,1-4H3,(H,17,19). The molecule has 1 atom stereocenters. The van der Waals surface area contributed by atoms with E-state index in [9.17, 15) is 9.59 Å². The van der Waals surface area contributed by atoms with Crippen molar-refractivity contribution >= 4 is 11.6 Å². The van der Waals surface area contributed by atoms with Crippen LogP contribution in [0.2, 0.25) is 0 Å². The van der Waals surface area contributed by atoms with E-state index >= 15 is 0 Å². The lowest BCUT2D eigenvalue weighted by atomic mass is 10.2. The number of amides is 1. The molecule has 2 N–H and O–H groups in total. The maximum atomic E-state index is 11.9. The molecule has 1 aromatic heterocycles. The Bertz CT molecular complexity index is 496. The van der Waals surface area contributed by atoms with Crippen molar-refractivity contribution in [2.75, 3.05) is 11.9 Å². The first-order valence-electron chi connectivity index (χ1n) is 7.02. The number of anilines is 1. The van der Waals surface area contributed by atoms with Crippen LogP contribution in [-0.4, -0.2) is 28.3 Å². The molecule has 112 valence electrons. The molecule has 0 saturated heterocycles. The average Bonchev–Trinajstić information content (AvgIpc) is 2.38. The average molecular weight is 280 g/mol. The van der Waals surface area contributed by atoms with Gasteiger partial charge in [0.1, 0.15) is 6.54 Å². The minimum atomic E-state index is -0.280. The molecule has 0 aliphatic rings. The molecule has 0 fully saturated rings. The Morgan fingerprint density at radius 1 is 1.40 bits per heavy atom. The molecule has 0 spiro atoms. The third kappa shape index (κ3) is 5.42. The lowest BCUT2D eigenvalue weighted by molar-refractivity contribution is -0.122. The zero-order chi connectivity index (χ0) is 15.1. The molecule has 6 heteroatoms. The van der Waals surface area contributed by atoms with Gasteiger partial charge in [0.15, 0.2) is 0 Å². The van der Waals surface area contributed by atoms with Gasteiger partial charge in [0.05, 0.1) is 11.9 Å². The van der Waals surface area contributed by atoms with Crippen molar-refractivity contribution in [2.24, 2.45) is 5.92 Å². The second-order valence-electron chi connectivity index (χ2n) is 5.39. The monoisotopic (exact) mass is 280 g/mol. The van der Waals surface area contributed by atoms with Crippen molar-refractivity contribution in [1.82, 2.24) is 15.1 Å². The zero-order valence-corrected chi connectivity index (χ0v) is 12.6. The van der Waals surface area contributed by atoms with Crippen LogP contribution in [0.15, 0.2) is 17.1 Å². The fraction of sp³-hybridized carbons (Fsp3) is 0.643. The van der Waals surface area contributed by atoms with E-state index in [4.69, 9.17) is 0 Å². The maximum absolute atomic E-state index is 11.9. The molecule has 1 unspecified atom stereocenters. The summed E-state index contributed by atoms with van der Waals surface area (Å²) in [6.07, 6.45) is 2.42. The summed E-state index contributed by atoms with van der Waals surface area (Å²) in [5.74, 6) is 0.288. The van der Waals surface area contributed by atoms with Gasteiger partial charge in [-0.1, -0.05) is 20.8 Å². The molecule has 0 aliphatic heterocycles. The number of hydrogen-bond donors (Lipinski definition) is 2. The summed E-state index contributed by atoms with van der Waals surface area (Å²) >= 11 is 0. The summed E-state index contributed by atoms with van der Waals surface area (Å²) < 4.78 is 1.16. The quantitative estimate of drug-likeness (QED) is 0.787. The van der Waals surface area contributed by atoms with Crippen molar-refractivity contribution in [3.05, 3.63) is 22.6 Å². The molecule has 6 nitrogen and oxygen atoms in total. The molecule has 0 aliphatic carbocycles. The number of aromatic nitrogens is 2. The van der Waals surface area contributed by atoms with E-state index < -0.39 is 0 Å². The van der Waals surface area contributed by atoms with Crippen LogP contribution >= 0.6 is 0 Å². The van der Waals surface area contributed by atoms with Gasteiger partial charge in [-0.3, -0.25) is 9.59 Å². The van der Waals surface area contributed by atoms with Crippen LogP contribution in [0.5, 0.6) is 0 Å². The van der Waals surface area contributed by atoms with Crippen LogP contribution in [0.3, 0.4) is 0 Å². The van der Waals surface area contributed by atoms with Gasteiger partial charge in [0, 0.05) is 18.7 Å². The van der Waals surface area contributed by atoms with Gasteiger partial charge < -0.3 is 10.6 Å². The van der Waals surface area contributed by atoms with Gasteiger partial charge in [-0.2, -0.15) is 5.10 Å². The Balaban J connectivity index is 2.64. The molecule has 1 heterocycles. The van der Waals surface area contributed by atoms with Crippen molar-refractivity contribution in [3.8, 4) is 0 Å². The molecule has 1 amide bonds. The molecular weight excluding hydrogens is 256 g/mol. The molecule has 20 heavy (non-hydrogen) atoms. The summed E-state index contributed by atoms with van der Waals surface area (Å²) in [6, 6.07) is 1.57. The van der Waals surface area contributed by atoms with Gasteiger partial charge in [-0.15, -0.1) is 0 Å². The summed E-state index contributed by atoms with van der Waals surface area (Å²) in [7, 11) is 0. The minimum absolute atomic E-state index is 0.0480. The minimum Gasteiger partial charge on any atom is -0.383 e. The van der Waals surface area contributed by atoms with E-state index in [2.05, 4.69) is 29.6 Å². The van der Waals surface area contributed by atoms with E-state index in [0.29, 0.717) is 11.6 Å². The molecule has 1 rings (SSSR count). The fourth-order valence-corrected chi connectivity index (χ4v) is 1.53. The molecule has 1 aromatic rings. The fourth-order valence-electron chi connectivity index (χ4n) is 1.53. The Kier molecular flexibility index (Phi) is 6.21. The lowest BCUT2D eigenvalue weighted by Crippen LogP contribution is -2.37. The smallest absolute Gasteiger partial charge is 0.269 e. The van der Waals surface area contributed by atoms with Gasteiger partial charge in [-0.25, -0.2) is 4.68 Å². The summed E-state index contributed by atoms with van der Waals surface area (Å²) in [4.78, 5) is 23.6. The molecule has 0 aromatic carbocycles. The van der Waals surface area contributed by atoms with E-state index in [1.54, 1.807) is 6.20 Å². The predicted octanol–water partition coefficient (Wildman–Crippen LogP) is 1.23. The Hall–Kier alpha value is -1.85. The zero-order valence-electron chi connectivity index (χ0n) is 12.6. The normalized spacial score (nSPS) is 12.2. The second-order valence-corrected chi connectivity index (χ2v) is 5.39. The summed E-state index contributed by atoms with van der Waals surface area (Å²) in [5.41, 5.74) is 0.403. The molecule has 0 bridgehead atoms. The van der Waals surface area contributed by atoms with E-state index in [1.165, 1.54) is 6.07 Å². The third-order valence-electron chi connectivity index (χ3n) is 2.90. The van der Waals surface area contributed by atoms with Crippen LogP contribution in [0.1, 0.15) is 34.1 Å². The highest BCUT2D eigenvalue weighted by Crippen LogP contribution is 2.01. The van der Waals surface area contributed by atoms with Gasteiger partial charge in [0.2, 0.25) is 5.91 Å². The summed E-state index contributed by atoms with van der Waals surface area (Å²) in [5, 5.41) is 9.95. The van der Waals surface area contributed by atoms with E-state index in [-0.39, 0.29) is 24.1 Å². The van der Waals surface area contributed by atoms with Crippen LogP contribution in [0, 0.1) is 5.92 Å². The highest BCUT2D eigenvalue weighted by molar-refractivity contribution is 5.75. The van der Waals surface area contributed by atoms with Crippen LogP contribution in [-0.2, 0) is 11.3 Å². The van der Waals surface area contributed by atoms with Crippen LogP contribution < -0.4 is 16.2 Å². The third-order valence-corrected chi connectivity index (χ3v) is 2.90. The van der Waals surface area contributed by atoms with Gasteiger partial charge in [-0.05, 0) is 19.3 Å². The number of carbonyl (C=O) groups is 1. The molecule has 0 saturated carbocycles. The first-order valence-corrected chi connectivity index (χ1v) is 7.02. The van der Waals surface area contributed by atoms with Gasteiger partial charge in [0.25, 0.3) is 5.56 Å². The van der Waals surface area contributed by atoms with Crippen molar-refractivity contribution < 1.29 is 4.79 Å². The highest BCUT2D eigenvalue weighted by atomic mass is 16.2. The lowest BCUT2D eigenvalue weighted by Gasteiger charge is -2.12. The maximum Gasteiger partial charge on any atom is 0.269 e. The first kappa shape index (κ1) is 16.2. The Morgan fingerprint density at radius 3 is 2.65 bits per heavy atom. The molecular formula is C14H24N4O2. The van der Waals surface area contributed by atoms with Crippen molar-refractivity contribution in [3.63, 3.8) is 0 Å². The van der Waals surface area contributed by atoms with Crippen molar-refractivity contribution in [1.29, 1.82) is 0 Å². The van der Waals surface area contributed by atoms with Crippen LogP contribution in [0.25, 0.3) is 0 Å². The van der Waals surface area contributed by atoms with Crippen LogP contribution in [0.4, 0.5) is 5.69 Å². The SMILES string of the molecule is CCC(C)NC(=O)Cn1ncc(NCC(C)C)cc1=O. The predicted molar refractivity (Wildman–Crippen MR) is 79.7 cm³/mol. The van der Waals surface area contributed by atoms with E-state index in [0.717, 1.165) is 17.6 Å². The Morgan fingerprint density at radius 2 is 2.10 bits per heavy atom. The van der Waals surface area contributed by atoms with Gasteiger partial charge >= 0.3 is 0 Å². The number of nitrogens with zero attached hydrogens (tertiary/aromatic N) is 2. The second kappa shape index (κ2) is 7.67. The largest absolute Gasteiger partial charge is 0.383 e. The molecule has 0 radical (unpaired) electrons. The number of carbonyl (C=O) groups excluding carboxylic acids is 1. The highest BCUT2D eigenvalue weighted by Gasteiger charge is 2.08. The summed E-state index contributed by atoms with van der Waals surface area (Å²) in [6.45, 7) is 8.81. The number of rotatable bonds is 7. The van der Waals surface area contributed by atoms with E-state index in [1.807, 2.05) is 13.8 Å². The number of nitrogens with one attached hydrogen (secondary N) is 2. The van der Waals surface area contributed by atoms with Crippen molar-refractivity contribution in [2.45, 2.75) is 46.7 Å². The first-order chi connectivity index (χ1) is 9.42.